The number of hydrogen-bond donors (Lipinski definition) is 0. The molecule has 0 aliphatic heterocycles. The predicted molar refractivity (Wildman–Crippen MR) is 141 cm³/mol. The number of ether oxygens (including phenoxy) is 3. The Hall–Kier alpha value is -5.04. The van der Waals surface area contributed by atoms with Crippen molar-refractivity contribution < 1.29 is 23.4 Å². The molecule has 0 saturated heterocycles. The maximum atomic E-state index is 13.3. The number of aryl methyl sites for hydroxylation is 1. The van der Waals surface area contributed by atoms with E-state index in [1.54, 1.807) is 50.4 Å². The smallest absolute Gasteiger partial charge is 0.424 e. The van der Waals surface area contributed by atoms with E-state index in [1.165, 1.54) is 11.0 Å². The standard InChI is InChI=1S/C30H23NO6/c1-20-29(36-24-15-9-14-23(18-24)34-2)28(32)26-17-16-25(19-27(26)35-20)37-30(33)31(21-10-5-3-6-11-21)22-12-7-4-8-13-22/h3-19H,1-2H3. The van der Waals surface area contributed by atoms with Crippen LogP contribution in [0.2, 0.25) is 0 Å². The van der Waals surface area contributed by atoms with Crippen LogP contribution < -0.4 is 24.5 Å². The fourth-order valence-electron chi connectivity index (χ4n) is 3.89. The van der Waals surface area contributed by atoms with Crippen molar-refractivity contribution in [2.45, 2.75) is 6.92 Å². The molecule has 0 aliphatic rings. The summed E-state index contributed by atoms with van der Waals surface area (Å²) in [7, 11) is 1.55. The van der Waals surface area contributed by atoms with Gasteiger partial charge < -0.3 is 18.6 Å². The monoisotopic (exact) mass is 493 g/mol. The number of fused-ring (bicyclic) bond motifs is 1. The van der Waals surface area contributed by atoms with Crippen LogP contribution in [0.1, 0.15) is 5.76 Å². The van der Waals surface area contributed by atoms with E-state index in [0.29, 0.717) is 34.0 Å². The van der Waals surface area contributed by atoms with Gasteiger partial charge in [-0.3, -0.25) is 4.79 Å². The zero-order valence-corrected chi connectivity index (χ0v) is 20.2. The van der Waals surface area contributed by atoms with Gasteiger partial charge in [0.25, 0.3) is 0 Å². The first-order chi connectivity index (χ1) is 18.0. The van der Waals surface area contributed by atoms with Crippen molar-refractivity contribution in [1.82, 2.24) is 0 Å². The van der Waals surface area contributed by atoms with E-state index in [0.717, 1.165) is 0 Å². The molecule has 184 valence electrons. The Morgan fingerprint density at radius 2 is 1.41 bits per heavy atom. The second-order valence-electron chi connectivity index (χ2n) is 8.13. The molecular weight excluding hydrogens is 470 g/mol. The molecule has 1 amide bonds. The van der Waals surface area contributed by atoms with Crippen LogP contribution in [0.15, 0.2) is 112 Å². The van der Waals surface area contributed by atoms with Crippen LogP contribution >= 0.6 is 0 Å². The summed E-state index contributed by atoms with van der Waals surface area (Å²) in [5.74, 6) is 1.65. The molecule has 7 nitrogen and oxygen atoms in total. The van der Waals surface area contributed by atoms with Crippen molar-refractivity contribution in [3.63, 3.8) is 0 Å². The summed E-state index contributed by atoms with van der Waals surface area (Å²) < 4.78 is 22.6. The van der Waals surface area contributed by atoms with Crippen molar-refractivity contribution in [2.75, 3.05) is 12.0 Å². The summed E-state index contributed by atoms with van der Waals surface area (Å²) in [4.78, 5) is 27.9. The molecule has 5 aromatic rings. The number of rotatable bonds is 6. The average Bonchev–Trinajstić information content (AvgIpc) is 2.92. The largest absolute Gasteiger partial charge is 0.497 e. The molecule has 0 fully saturated rings. The van der Waals surface area contributed by atoms with Gasteiger partial charge in [0.05, 0.1) is 23.9 Å². The Balaban J connectivity index is 1.45. The van der Waals surface area contributed by atoms with Crippen molar-refractivity contribution in [2.24, 2.45) is 0 Å². The number of anilines is 2. The lowest BCUT2D eigenvalue weighted by Crippen LogP contribution is -2.29. The zero-order valence-electron chi connectivity index (χ0n) is 20.2. The number of methoxy groups -OCH3 is 1. The summed E-state index contributed by atoms with van der Waals surface area (Å²) >= 11 is 0. The number of carbonyl (C=O) groups is 1. The lowest BCUT2D eigenvalue weighted by atomic mass is 10.2. The Labute approximate surface area is 213 Å². The number of nitrogens with zero attached hydrogens (tertiary/aromatic N) is 1. The second-order valence-corrected chi connectivity index (χ2v) is 8.13. The first-order valence-corrected chi connectivity index (χ1v) is 11.5. The summed E-state index contributed by atoms with van der Waals surface area (Å²) in [6, 6.07) is 30.0. The molecule has 0 N–H and O–H groups in total. The van der Waals surface area contributed by atoms with Gasteiger partial charge in [-0.05, 0) is 55.5 Å². The van der Waals surface area contributed by atoms with Gasteiger partial charge in [0.1, 0.15) is 28.6 Å². The van der Waals surface area contributed by atoms with Crippen LogP contribution in [-0.4, -0.2) is 13.2 Å². The first-order valence-electron chi connectivity index (χ1n) is 11.5. The van der Waals surface area contributed by atoms with Crippen LogP contribution in [0, 0.1) is 6.92 Å². The molecule has 5 rings (SSSR count). The molecule has 0 bridgehead atoms. The van der Waals surface area contributed by atoms with E-state index >= 15 is 0 Å². The highest BCUT2D eigenvalue weighted by molar-refractivity contribution is 5.97. The molecule has 0 spiro atoms. The first kappa shape index (κ1) is 23.7. The van der Waals surface area contributed by atoms with Gasteiger partial charge in [0.2, 0.25) is 11.2 Å². The molecule has 1 aromatic heterocycles. The Kier molecular flexibility index (Phi) is 6.59. The van der Waals surface area contributed by atoms with E-state index in [4.69, 9.17) is 18.6 Å². The topological polar surface area (TPSA) is 78.2 Å². The maximum absolute atomic E-state index is 13.3. The van der Waals surface area contributed by atoms with Gasteiger partial charge in [-0.15, -0.1) is 0 Å². The fraction of sp³-hybridized carbons (Fsp3) is 0.0667. The molecular formula is C30H23NO6. The third kappa shape index (κ3) is 5.01. The fourth-order valence-corrected chi connectivity index (χ4v) is 3.89. The Bertz CT molecular complexity index is 1570. The molecule has 7 heteroatoms. The van der Waals surface area contributed by atoms with E-state index in [2.05, 4.69) is 0 Å². The van der Waals surface area contributed by atoms with Gasteiger partial charge >= 0.3 is 6.09 Å². The maximum Gasteiger partial charge on any atom is 0.424 e. The highest BCUT2D eigenvalue weighted by Gasteiger charge is 2.21. The van der Waals surface area contributed by atoms with E-state index in [1.807, 2.05) is 60.7 Å². The molecule has 0 unspecified atom stereocenters. The zero-order chi connectivity index (χ0) is 25.8. The van der Waals surface area contributed by atoms with Crippen LogP contribution in [0.5, 0.6) is 23.0 Å². The normalized spacial score (nSPS) is 10.6. The Morgan fingerprint density at radius 3 is 2.05 bits per heavy atom. The number of para-hydroxylation sites is 2. The predicted octanol–water partition coefficient (Wildman–Crippen LogP) is 7.24. The van der Waals surface area contributed by atoms with Gasteiger partial charge in [-0.1, -0.05) is 42.5 Å². The lowest BCUT2D eigenvalue weighted by molar-refractivity contribution is 0.210. The molecule has 1 heterocycles. The van der Waals surface area contributed by atoms with Crippen LogP contribution in [0.4, 0.5) is 16.2 Å². The number of benzene rings is 4. The second kappa shape index (κ2) is 10.3. The Morgan fingerprint density at radius 1 is 0.757 bits per heavy atom. The van der Waals surface area contributed by atoms with Crippen LogP contribution in [0.3, 0.4) is 0 Å². The van der Waals surface area contributed by atoms with Crippen LogP contribution in [0.25, 0.3) is 11.0 Å². The van der Waals surface area contributed by atoms with Crippen molar-refractivity contribution in [1.29, 1.82) is 0 Å². The van der Waals surface area contributed by atoms with E-state index in [-0.39, 0.29) is 22.5 Å². The van der Waals surface area contributed by atoms with Crippen molar-refractivity contribution in [3.8, 4) is 23.0 Å². The highest BCUT2D eigenvalue weighted by Crippen LogP contribution is 2.30. The SMILES string of the molecule is COc1cccc(Oc2c(C)oc3cc(OC(=O)N(c4ccccc4)c4ccccc4)ccc3c2=O)c1. The quantitative estimate of drug-likeness (QED) is 0.248. The number of hydrogen-bond acceptors (Lipinski definition) is 6. The molecule has 37 heavy (non-hydrogen) atoms. The van der Waals surface area contributed by atoms with Crippen molar-refractivity contribution >= 4 is 28.4 Å². The summed E-state index contributed by atoms with van der Waals surface area (Å²) in [5, 5.41) is 0.297. The summed E-state index contributed by atoms with van der Waals surface area (Å²) in [6.45, 7) is 1.64. The molecule has 4 aromatic carbocycles. The van der Waals surface area contributed by atoms with Crippen molar-refractivity contribution in [3.05, 3.63) is 119 Å². The minimum absolute atomic E-state index is 0.0739. The van der Waals surface area contributed by atoms with Crippen LogP contribution in [-0.2, 0) is 0 Å². The third-order valence-electron chi connectivity index (χ3n) is 5.66. The molecule has 0 aliphatic carbocycles. The van der Waals surface area contributed by atoms with Gasteiger partial charge in [0.15, 0.2) is 0 Å². The number of amides is 1. The van der Waals surface area contributed by atoms with Gasteiger partial charge in [-0.25, -0.2) is 9.69 Å². The summed E-state index contributed by atoms with van der Waals surface area (Å²) in [5.41, 5.74) is 1.24. The lowest BCUT2D eigenvalue weighted by Gasteiger charge is -2.22. The van der Waals surface area contributed by atoms with E-state index in [9.17, 15) is 9.59 Å². The molecule has 0 atom stereocenters. The number of carbonyl (C=O) groups excluding carboxylic acids is 1. The highest BCUT2D eigenvalue weighted by atomic mass is 16.6. The van der Waals surface area contributed by atoms with Gasteiger partial charge in [-0.2, -0.15) is 0 Å². The summed E-state index contributed by atoms with van der Waals surface area (Å²) in [6.07, 6.45) is -0.603. The van der Waals surface area contributed by atoms with E-state index < -0.39 is 6.09 Å². The molecule has 0 radical (unpaired) electrons. The van der Waals surface area contributed by atoms with Gasteiger partial charge in [0, 0.05) is 12.1 Å². The molecule has 0 saturated carbocycles. The minimum Gasteiger partial charge on any atom is -0.497 e. The average molecular weight is 494 g/mol. The third-order valence-corrected chi connectivity index (χ3v) is 5.66. The minimum atomic E-state index is -0.603.